The largest absolute Gasteiger partial charge is 0.361 e. The van der Waals surface area contributed by atoms with Crippen LogP contribution in [0.1, 0.15) is 35.4 Å². The van der Waals surface area contributed by atoms with E-state index >= 15 is 0 Å². The summed E-state index contributed by atoms with van der Waals surface area (Å²) in [5, 5.41) is 10.3. The minimum absolute atomic E-state index is 0.0585. The maximum Gasteiger partial charge on any atom is 0.282 e. The number of nitriles is 1. The van der Waals surface area contributed by atoms with E-state index in [0.717, 1.165) is 34.9 Å². The summed E-state index contributed by atoms with van der Waals surface area (Å²) in [4.78, 5) is 21.9. The van der Waals surface area contributed by atoms with Gasteiger partial charge in [-0.15, -0.1) is 0 Å². The van der Waals surface area contributed by atoms with Crippen LogP contribution in [0.3, 0.4) is 0 Å². The van der Waals surface area contributed by atoms with Crippen molar-refractivity contribution in [3.8, 4) is 6.07 Å². The number of carbonyl (C=O) groups is 1. The Morgan fingerprint density at radius 2 is 1.77 bits per heavy atom. The zero-order chi connectivity index (χ0) is 30.8. The summed E-state index contributed by atoms with van der Waals surface area (Å²) >= 11 is 0. The first-order chi connectivity index (χ1) is 20.5. The SMILES string of the molecule is CN(C)S(=O)(=O)N1CCN(S(=O)(=O)N2CCC(c3c[nH]c4ccc(C#N)cc34)CC2)[C@@H](C(=O)NOCc2ccccc2)C1. The molecule has 2 N–H and O–H groups in total. The third-order valence-electron chi connectivity index (χ3n) is 8.00. The Bertz CT molecular complexity index is 1710. The third kappa shape index (κ3) is 6.46. The molecular formula is C28H35N7O6S2. The van der Waals surface area contributed by atoms with E-state index < -0.39 is 32.4 Å². The van der Waals surface area contributed by atoms with Crippen molar-refractivity contribution in [1.82, 2.24) is 27.7 Å². The summed E-state index contributed by atoms with van der Waals surface area (Å²) in [7, 11) is -5.25. The van der Waals surface area contributed by atoms with E-state index in [4.69, 9.17) is 4.84 Å². The summed E-state index contributed by atoms with van der Waals surface area (Å²) in [5.41, 5.74) is 5.65. The second-order valence-electron chi connectivity index (χ2n) is 10.8. The highest BCUT2D eigenvalue weighted by Crippen LogP contribution is 2.35. The number of benzene rings is 2. The van der Waals surface area contributed by atoms with Crippen molar-refractivity contribution in [1.29, 1.82) is 5.26 Å². The van der Waals surface area contributed by atoms with Gasteiger partial charge in [0.2, 0.25) is 0 Å². The zero-order valence-corrected chi connectivity index (χ0v) is 25.6. The van der Waals surface area contributed by atoms with Crippen LogP contribution in [0.4, 0.5) is 0 Å². The molecule has 2 aliphatic heterocycles. The second-order valence-corrected chi connectivity index (χ2v) is 14.8. The van der Waals surface area contributed by atoms with Crippen molar-refractivity contribution in [2.45, 2.75) is 31.4 Å². The van der Waals surface area contributed by atoms with E-state index in [1.54, 1.807) is 6.07 Å². The van der Waals surface area contributed by atoms with Crippen molar-refractivity contribution >= 4 is 37.2 Å². The molecule has 0 radical (unpaired) electrons. The molecule has 0 unspecified atom stereocenters. The molecule has 1 amide bonds. The third-order valence-corrected chi connectivity index (χ3v) is 12.0. The molecular weight excluding hydrogens is 594 g/mol. The Morgan fingerprint density at radius 3 is 2.44 bits per heavy atom. The summed E-state index contributed by atoms with van der Waals surface area (Å²) in [6, 6.07) is 15.4. The highest BCUT2D eigenvalue weighted by Gasteiger charge is 2.46. The van der Waals surface area contributed by atoms with E-state index in [1.165, 1.54) is 18.4 Å². The first-order valence-corrected chi connectivity index (χ1v) is 16.7. The van der Waals surface area contributed by atoms with Crippen molar-refractivity contribution in [2.75, 3.05) is 46.8 Å². The number of hydrogen-bond donors (Lipinski definition) is 2. The number of aromatic amines is 1. The van der Waals surface area contributed by atoms with Gasteiger partial charge in [0.05, 0.1) is 18.2 Å². The molecule has 0 aliphatic carbocycles. The van der Waals surface area contributed by atoms with Crippen molar-refractivity contribution in [3.05, 3.63) is 71.4 Å². The Kier molecular flexibility index (Phi) is 9.18. The lowest BCUT2D eigenvalue weighted by Gasteiger charge is -2.42. The minimum Gasteiger partial charge on any atom is -0.361 e. The fourth-order valence-electron chi connectivity index (χ4n) is 5.60. The van der Waals surface area contributed by atoms with Crippen LogP contribution in [0.15, 0.2) is 54.7 Å². The van der Waals surface area contributed by atoms with Crippen LogP contribution < -0.4 is 5.48 Å². The van der Waals surface area contributed by atoms with Crippen LogP contribution in [0.25, 0.3) is 10.9 Å². The topological polar surface area (TPSA) is 159 Å². The first-order valence-electron chi connectivity index (χ1n) is 13.9. The smallest absolute Gasteiger partial charge is 0.282 e. The molecule has 2 aromatic carbocycles. The molecule has 1 atom stereocenters. The zero-order valence-electron chi connectivity index (χ0n) is 24.0. The summed E-state index contributed by atoms with van der Waals surface area (Å²) < 4.78 is 58.2. The predicted molar refractivity (Wildman–Crippen MR) is 160 cm³/mol. The number of nitrogens with one attached hydrogen (secondary N) is 2. The molecule has 5 rings (SSSR count). The minimum atomic E-state index is -4.13. The van der Waals surface area contributed by atoms with Crippen molar-refractivity contribution in [2.24, 2.45) is 0 Å². The number of piperidine rings is 1. The molecule has 13 nitrogen and oxygen atoms in total. The van der Waals surface area contributed by atoms with E-state index in [9.17, 15) is 26.9 Å². The number of hydrogen-bond acceptors (Lipinski definition) is 7. The predicted octanol–water partition coefficient (Wildman–Crippen LogP) is 1.50. The van der Waals surface area contributed by atoms with Gasteiger partial charge >= 0.3 is 0 Å². The van der Waals surface area contributed by atoms with Gasteiger partial charge < -0.3 is 4.98 Å². The molecule has 2 saturated heterocycles. The van der Waals surface area contributed by atoms with Crippen molar-refractivity contribution < 1.29 is 26.5 Å². The van der Waals surface area contributed by atoms with Gasteiger partial charge in [-0.05, 0) is 48.1 Å². The average Bonchev–Trinajstić information content (AvgIpc) is 3.44. The Balaban J connectivity index is 1.31. The van der Waals surface area contributed by atoms with Gasteiger partial charge in [0.1, 0.15) is 6.04 Å². The van der Waals surface area contributed by atoms with Crippen LogP contribution >= 0.6 is 0 Å². The molecule has 2 fully saturated rings. The Hall–Kier alpha value is -3.36. The molecule has 3 aromatic rings. The molecule has 3 heterocycles. The maximum absolute atomic E-state index is 13.9. The number of H-pyrrole nitrogens is 1. The van der Waals surface area contributed by atoms with Gasteiger partial charge in [0, 0.05) is 63.9 Å². The monoisotopic (exact) mass is 629 g/mol. The lowest BCUT2D eigenvalue weighted by Crippen LogP contribution is -2.64. The number of rotatable bonds is 9. The second kappa shape index (κ2) is 12.7. The molecule has 230 valence electrons. The molecule has 0 saturated carbocycles. The lowest BCUT2D eigenvalue weighted by molar-refractivity contribution is -0.139. The fraction of sp³-hybridized carbons (Fsp3) is 0.429. The van der Waals surface area contributed by atoms with E-state index in [-0.39, 0.29) is 45.2 Å². The Morgan fingerprint density at radius 1 is 1.05 bits per heavy atom. The van der Waals surface area contributed by atoms with Crippen molar-refractivity contribution in [3.63, 3.8) is 0 Å². The van der Waals surface area contributed by atoms with Gasteiger partial charge in [-0.2, -0.15) is 39.3 Å². The molecule has 1 aromatic heterocycles. The molecule has 0 bridgehead atoms. The molecule has 0 spiro atoms. The fourth-order valence-corrected chi connectivity index (χ4v) is 8.47. The Labute approximate surface area is 251 Å². The van der Waals surface area contributed by atoms with Crippen LogP contribution in [-0.2, 0) is 36.7 Å². The molecule has 15 heteroatoms. The standard InChI is InChI=1S/C28H35N7O6S2/c1-32(2)42(37,38)34-14-15-35(27(19-34)28(36)31-41-20-21-6-4-3-5-7-21)43(39,40)33-12-10-23(11-13-33)25-18-30-26-9-8-22(17-29)16-24(25)26/h3-9,16,18,23,27,30H,10-15,19-20H2,1-2H3,(H,31,36)/t27-/m1/s1. The quantitative estimate of drug-likeness (QED) is 0.340. The van der Waals surface area contributed by atoms with Crippen LogP contribution in [0.2, 0.25) is 0 Å². The number of amides is 1. The number of aromatic nitrogens is 1. The van der Waals surface area contributed by atoms with Crippen LogP contribution in [0, 0.1) is 11.3 Å². The highest BCUT2D eigenvalue weighted by molar-refractivity contribution is 7.87. The first kappa shape index (κ1) is 31.1. The van der Waals surface area contributed by atoms with Crippen LogP contribution in [0.5, 0.6) is 0 Å². The number of fused-ring (bicyclic) bond motifs is 1. The summed E-state index contributed by atoms with van der Waals surface area (Å²) in [5.74, 6) is -0.665. The van der Waals surface area contributed by atoms with E-state index in [1.807, 2.05) is 48.7 Å². The van der Waals surface area contributed by atoms with Gasteiger partial charge in [-0.3, -0.25) is 9.63 Å². The highest BCUT2D eigenvalue weighted by atomic mass is 32.2. The molecule has 2 aliphatic rings. The van der Waals surface area contributed by atoms with Crippen LogP contribution in [-0.4, -0.2) is 97.8 Å². The lowest BCUT2D eigenvalue weighted by atomic mass is 9.90. The number of carbonyl (C=O) groups excluding carboxylic acids is 1. The average molecular weight is 630 g/mol. The summed E-state index contributed by atoms with van der Waals surface area (Å²) in [6.07, 6.45) is 3.02. The number of nitrogens with zero attached hydrogens (tertiary/aromatic N) is 5. The van der Waals surface area contributed by atoms with E-state index in [2.05, 4.69) is 16.5 Å². The van der Waals surface area contributed by atoms with E-state index in [0.29, 0.717) is 18.4 Å². The molecule has 43 heavy (non-hydrogen) atoms. The summed E-state index contributed by atoms with van der Waals surface area (Å²) in [6.45, 7) is -0.122. The van der Waals surface area contributed by atoms with Gasteiger partial charge in [-0.1, -0.05) is 30.3 Å². The number of piperazine rings is 1. The van der Waals surface area contributed by atoms with Gasteiger partial charge in [0.15, 0.2) is 0 Å². The normalized spacial score (nSPS) is 19.9. The maximum atomic E-state index is 13.9. The number of hydroxylamine groups is 1. The van der Waals surface area contributed by atoms with Gasteiger partial charge in [0.25, 0.3) is 26.3 Å². The van der Waals surface area contributed by atoms with Gasteiger partial charge in [-0.25, -0.2) is 5.48 Å².